The van der Waals surface area contributed by atoms with E-state index in [1.165, 1.54) is 18.2 Å². The van der Waals surface area contributed by atoms with E-state index in [1.807, 2.05) is 0 Å². The lowest BCUT2D eigenvalue weighted by atomic mass is 10.0. The van der Waals surface area contributed by atoms with Crippen molar-refractivity contribution in [2.24, 2.45) is 5.41 Å². The fourth-order valence-corrected chi connectivity index (χ4v) is 2.86. The molecule has 1 amide bonds. The Morgan fingerprint density at radius 2 is 2.22 bits per heavy atom. The van der Waals surface area contributed by atoms with E-state index in [0.717, 1.165) is 19.3 Å². The molecule has 1 fully saturated rings. The molecule has 0 aromatic heterocycles. The maximum atomic E-state index is 12.9. The number of alkyl halides is 1. The van der Waals surface area contributed by atoms with Crippen molar-refractivity contribution in [2.75, 3.05) is 12.4 Å². The Hall–Kier alpha value is -0.610. The average Bonchev–Trinajstić information content (AvgIpc) is 3.07. The predicted octanol–water partition coefficient (Wildman–Crippen LogP) is 3.73. The van der Waals surface area contributed by atoms with E-state index in [1.54, 1.807) is 0 Å². The minimum Gasteiger partial charge on any atom is -0.351 e. The van der Waals surface area contributed by atoms with Crippen LogP contribution in [0, 0.1) is 11.2 Å². The first-order valence-electron chi connectivity index (χ1n) is 5.86. The molecule has 0 bridgehead atoms. The molecule has 1 N–H and O–H groups in total. The summed E-state index contributed by atoms with van der Waals surface area (Å²) in [4.78, 5) is 12.0. The minimum absolute atomic E-state index is 0.178. The first-order chi connectivity index (χ1) is 8.56. The molecule has 2 nitrogen and oxygen atoms in total. The van der Waals surface area contributed by atoms with Crippen molar-refractivity contribution in [3.05, 3.63) is 34.1 Å². The molecule has 1 aliphatic carbocycles. The molecule has 0 atom stereocenters. The van der Waals surface area contributed by atoms with E-state index in [2.05, 4.69) is 21.2 Å². The Morgan fingerprint density at radius 3 is 2.78 bits per heavy atom. The van der Waals surface area contributed by atoms with Crippen molar-refractivity contribution in [2.45, 2.75) is 19.3 Å². The first-order valence-corrected chi connectivity index (χ1v) is 7.18. The summed E-state index contributed by atoms with van der Waals surface area (Å²) in [6.45, 7) is 0.641. The van der Waals surface area contributed by atoms with Gasteiger partial charge >= 0.3 is 0 Å². The molecule has 0 saturated heterocycles. The molecule has 1 saturated carbocycles. The second kappa shape index (κ2) is 5.57. The van der Waals surface area contributed by atoms with Gasteiger partial charge in [0.05, 0.1) is 5.56 Å². The monoisotopic (exact) mass is 333 g/mol. The number of hydrogen-bond donors (Lipinski definition) is 1. The number of rotatable bonds is 5. The van der Waals surface area contributed by atoms with Crippen LogP contribution in [0.4, 0.5) is 4.39 Å². The highest BCUT2D eigenvalue weighted by Gasteiger charge is 2.41. The lowest BCUT2D eigenvalue weighted by Crippen LogP contribution is -2.30. The van der Waals surface area contributed by atoms with Crippen LogP contribution in [0.15, 0.2) is 22.7 Å². The molecule has 1 aromatic rings. The van der Waals surface area contributed by atoms with E-state index in [9.17, 15) is 9.18 Å². The highest BCUT2D eigenvalue weighted by Crippen LogP contribution is 2.48. The van der Waals surface area contributed by atoms with Gasteiger partial charge in [-0.1, -0.05) is 0 Å². The van der Waals surface area contributed by atoms with Crippen molar-refractivity contribution in [1.29, 1.82) is 0 Å². The van der Waals surface area contributed by atoms with Crippen LogP contribution in [0.2, 0.25) is 0 Å². The molecule has 2 rings (SSSR count). The van der Waals surface area contributed by atoms with Gasteiger partial charge in [0.15, 0.2) is 0 Å². The van der Waals surface area contributed by atoms with E-state index in [-0.39, 0.29) is 17.1 Å². The van der Waals surface area contributed by atoms with Gasteiger partial charge in [0.2, 0.25) is 0 Å². The van der Waals surface area contributed by atoms with Crippen LogP contribution in [0.3, 0.4) is 0 Å². The third-order valence-corrected chi connectivity index (χ3v) is 4.23. The van der Waals surface area contributed by atoms with Crippen LogP contribution in [-0.2, 0) is 0 Å². The Morgan fingerprint density at radius 1 is 1.50 bits per heavy atom. The van der Waals surface area contributed by atoms with Gasteiger partial charge in [-0.2, -0.15) is 0 Å². The summed E-state index contributed by atoms with van der Waals surface area (Å²) >= 11 is 8.93. The lowest BCUT2D eigenvalue weighted by Gasteiger charge is -2.14. The number of nitrogens with one attached hydrogen (secondary N) is 1. The van der Waals surface area contributed by atoms with Gasteiger partial charge in [-0.25, -0.2) is 4.39 Å². The van der Waals surface area contributed by atoms with Crippen LogP contribution in [-0.4, -0.2) is 18.3 Å². The summed E-state index contributed by atoms with van der Waals surface area (Å²) in [5, 5.41) is 2.90. The third kappa shape index (κ3) is 3.23. The van der Waals surface area contributed by atoms with Crippen molar-refractivity contribution in [3.63, 3.8) is 0 Å². The number of carbonyl (C=O) groups is 1. The van der Waals surface area contributed by atoms with E-state index in [4.69, 9.17) is 11.6 Å². The van der Waals surface area contributed by atoms with E-state index in [0.29, 0.717) is 22.5 Å². The van der Waals surface area contributed by atoms with Gasteiger partial charge in [-0.3, -0.25) is 4.79 Å². The van der Waals surface area contributed by atoms with E-state index >= 15 is 0 Å². The summed E-state index contributed by atoms with van der Waals surface area (Å²) in [5.41, 5.74) is 0.655. The fraction of sp³-hybridized carbons (Fsp3) is 0.462. The van der Waals surface area contributed by atoms with Crippen LogP contribution in [0.1, 0.15) is 29.6 Å². The van der Waals surface area contributed by atoms with Gasteiger partial charge in [0, 0.05) is 16.9 Å². The highest BCUT2D eigenvalue weighted by atomic mass is 79.9. The Kier molecular flexibility index (Phi) is 4.28. The maximum absolute atomic E-state index is 12.9. The second-order valence-electron chi connectivity index (χ2n) is 4.75. The highest BCUT2D eigenvalue weighted by molar-refractivity contribution is 9.10. The molecule has 98 valence electrons. The maximum Gasteiger partial charge on any atom is 0.252 e. The molecule has 0 aliphatic heterocycles. The zero-order valence-electron chi connectivity index (χ0n) is 9.81. The zero-order valence-corrected chi connectivity index (χ0v) is 12.2. The first kappa shape index (κ1) is 13.8. The van der Waals surface area contributed by atoms with E-state index < -0.39 is 0 Å². The van der Waals surface area contributed by atoms with Gasteiger partial charge < -0.3 is 5.32 Å². The molecule has 0 radical (unpaired) electrons. The summed E-state index contributed by atoms with van der Waals surface area (Å²) in [5.74, 6) is 0.0813. The topological polar surface area (TPSA) is 29.1 Å². The number of halogens is 3. The normalized spacial score (nSPS) is 16.4. The van der Waals surface area contributed by atoms with Gasteiger partial charge in [-0.05, 0) is 58.8 Å². The average molecular weight is 335 g/mol. The van der Waals surface area contributed by atoms with Gasteiger partial charge in [-0.15, -0.1) is 11.6 Å². The zero-order chi connectivity index (χ0) is 13.2. The third-order valence-electron chi connectivity index (χ3n) is 3.38. The molecule has 0 heterocycles. The molecule has 0 spiro atoms. The second-order valence-corrected chi connectivity index (χ2v) is 5.98. The molecular formula is C13H14BrClFNO. The molecule has 5 heteroatoms. The fourth-order valence-electron chi connectivity index (χ4n) is 1.93. The van der Waals surface area contributed by atoms with Crippen LogP contribution < -0.4 is 5.32 Å². The van der Waals surface area contributed by atoms with Crippen molar-refractivity contribution < 1.29 is 9.18 Å². The standard InChI is InChI=1S/C13H14BrClFNO/c14-11-7-9(16)1-2-10(11)12(18)17-8-13(3-4-13)5-6-15/h1-2,7H,3-6,8H2,(H,17,18). The van der Waals surface area contributed by atoms with Crippen molar-refractivity contribution >= 4 is 33.4 Å². The number of benzene rings is 1. The summed E-state index contributed by atoms with van der Waals surface area (Å²) in [6, 6.07) is 4.06. The van der Waals surface area contributed by atoms with Crippen molar-refractivity contribution in [3.8, 4) is 0 Å². The largest absolute Gasteiger partial charge is 0.351 e. The van der Waals surface area contributed by atoms with Crippen LogP contribution in [0.5, 0.6) is 0 Å². The summed E-state index contributed by atoms with van der Waals surface area (Å²) < 4.78 is 13.4. The molecule has 18 heavy (non-hydrogen) atoms. The van der Waals surface area contributed by atoms with Crippen molar-refractivity contribution in [1.82, 2.24) is 5.32 Å². The predicted molar refractivity (Wildman–Crippen MR) is 73.4 cm³/mol. The number of carbonyl (C=O) groups excluding carboxylic acids is 1. The quantitative estimate of drug-likeness (QED) is 0.817. The lowest BCUT2D eigenvalue weighted by molar-refractivity contribution is 0.0943. The number of amides is 1. The SMILES string of the molecule is O=C(NCC1(CCCl)CC1)c1ccc(F)cc1Br. The Balaban J connectivity index is 1.96. The number of hydrogen-bond acceptors (Lipinski definition) is 1. The smallest absolute Gasteiger partial charge is 0.252 e. The van der Waals surface area contributed by atoms with Crippen LogP contribution in [0.25, 0.3) is 0 Å². The summed E-state index contributed by atoms with van der Waals surface area (Å²) in [7, 11) is 0. The molecule has 1 aromatic carbocycles. The molecular weight excluding hydrogens is 321 g/mol. The minimum atomic E-state index is -0.362. The van der Waals surface area contributed by atoms with Gasteiger partial charge in [0.25, 0.3) is 5.91 Å². The summed E-state index contributed by atoms with van der Waals surface area (Å²) in [6.07, 6.45) is 3.16. The molecule has 0 unspecified atom stereocenters. The Labute approximate surface area is 119 Å². The molecule has 1 aliphatic rings. The van der Waals surface area contributed by atoms with Crippen LogP contribution >= 0.6 is 27.5 Å². The Bertz CT molecular complexity index is 462. The van der Waals surface area contributed by atoms with Gasteiger partial charge in [0.1, 0.15) is 5.82 Å².